The van der Waals surface area contributed by atoms with Crippen LogP contribution in [0, 0.1) is 6.92 Å². The standard InChI is InChI=1S/C18H23N3OS2/c1-12(20-16(22)10-15-11-23-9-8-19-15)17-13(2)21-18(24-17)14-6-4-3-5-7-14/h3-7,12,15,19H,8-11H2,1-2H3,(H,20,22). The molecule has 2 atom stereocenters. The van der Waals surface area contributed by atoms with Crippen molar-refractivity contribution >= 4 is 29.0 Å². The van der Waals surface area contributed by atoms with Crippen LogP contribution < -0.4 is 10.6 Å². The van der Waals surface area contributed by atoms with Crippen molar-refractivity contribution in [3.8, 4) is 10.6 Å². The second-order valence-corrected chi connectivity index (χ2v) is 8.23. The van der Waals surface area contributed by atoms with E-state index in [1.807, 2.05) is 43.8 Å². The molecule has 1 aromatic heterocycles. The monoisotopic (exact) mass is 361 g/mol. The van der Waals surface area contributed by atoms with Crippen LogP contribution in [0.4, 0.5) is 0 Å². The van der Waals surface area contributed by atoms with Crippen molar-refractivity contribution in [2.24, 2.45) is 0 Å². The summed E-state index contributed by atoms with van der Waals surface area (Å²) in [6, 6.07) is 10.5. The third-order valence-electron chi connectivity index (χ3n) is 4.05. The number of hydrogen-bond donors (Lipinski definition) is 2. The van der Waals surface area contributed by atoms with Gasteiger partial charge < -0.3 is 10.6 Å². The number of thioether (sulfide) groups is 1. The Bertz CT molecular complexity index is 681. The number of thiazole rings is 1. The maximum Gasteiger partial charge on any atom is 0.222 e. The number of carbonyl (C=O) groups excluding carboxylic acids is 1. The number of nitrogens with zero attached hydrogens (tertiary/aromatic N) is 1. The number of amides is 1. The van der Waals surface area contributed by atoms with Crippen molar-refractivity contribution < 1.29 is 4.79 Å². The largest absolute Gasteiger partial charge is 0.349 e. The molecule has 24 heavy (non-hydrogen) atoms. The van der Waals surface area contributed by atoms with E-state index in [1.54, 1.807) is 11.3 Å². The fraction of sp³-hybridized carbons (Fsp3) is 0.444. The van der Waals surface area contributed by atoms with Gasteiger partial charge in [0.1, 0.15) is 5.01 Å². The second-order valence-electron chi connectivity index (χ2n) is 6.05. The smallest absolute Gasteiger partial charge is 0.222 e. The molecule has 6 heteroatoms. The first kappa shape index (κ1) is 17.5. The Morgan fingerprint density at radius 1 is 1.42 bits per heavy atom. The summed E-state index contributed by atoms with van der Waals surface area (Å²) >= 11 is 3.58. The van der Waals surface area contributed by atoms with Gasteiger partial charge in [-0.1, -0.05) is 30.3 Å². The summed E-state index contributed by atoms with van der Waals surface area (Å²) in [7, 11) is 0. The highest BCUT2D eigenvalue weighted by Gasteiger charge is 2.20. The molecule has 4 nitrogen and oxygen atoms in total. The normalized spacial score (nSPS) is 19.0. The summed E-state index contributed by atoms with van der Waals surface area (Å²) in [5.74, 6) is 2.26. The molecule has 1 saturated heterocycles. The molecule has 0 saturated carbocycles. The molecular weight excluding hydrogens is 338 g/mol. The van der Waals surface area contributed by atoms with Crippen LogP contribution in [-0.4, -0.2) is 35.0 Å². The summed E-state index contributed by atoms with van der Waals surface area (Å²) in [6.45, 7) is 5.04. The molecule has 0 spiro atoms. The third kappa shape index (κ3) is 4.37. The Morgan fingerprint density at radius 3 is 2.92 bits per heavy atom. The van der Waals surface area contributed by atoms with Gasteiger partial charge in [-0.2, -0.15) is 11.8 Å². The number of aromatic nitrogens is 1. The van der Waals surface area contributed by atoms with Crippen molar-refractivity contribution in [2.45, 2.75) is 32.4 Å². The number of hydrogen-bond acceptors (Lipinski definition) is 5. The van der Waals surface area contributed by atoms with E-state index in [2.05, 4.69) is 27.8 Å². The average molecular weight is 362 g/mol. The first-order valence-electron chi connectivity index (χ1n) is 8.26. The van der Waals surface area contributed by atoms with Gasteiger partial charge in [-0.15, -0.1) is 11.3 Å². The lowest BCUT2D eigenvalue weighted by Gasteiger charge is -2.23. The SMILES string of the molecule is Cc1nc(-c2ccccc2)sc1C(C)NC(=O)CC1CSCCN1. The lowest BCUT2D eigenvalue weighted by molar-refractivity contribution is -0.122. The molecule has 2 N–H and O–H groups in total. The predicted octanol–water partition coefficient (Wildman–Crippen LogP) is 3.39. The van der Waals surface area contributed by atoms with E-state index >= 15 is 0 Å². The van der Waals surface area contributed by atoms with E-state index in [-0.39, 0.29) is 11.9 Å². The topological polar surface area (TPSA) is 54.0 Å². The van der Waals surface area contributed by atoms with Crippen LogP contribution in [0.2, 0.25) is 0 Å². The van der Waals surface area contributed by atoms with Crippen molar-refractivity contribution in [1.82, 2.24) is 15.6 Å². The number of carbonyl (C=O) groups is 1. The zero-order valence-corrected chi connectivity index (χ0v) is 15.7. The number of aryl methyl sites for hydroxylation is 1. The number of nitrogens with one attached hydrogen (secondary N) is 2. The van der Waals surface area contributed by atoms with Crippen molar-refractivity contribution in [3.63, 3.8) is 0 Å². The van der Waals surface area contributed by atoms with E-state index < -0.39 is 0 Å². The van der Waals surface area contributed by atoms with Gasteiger partial charge in [0, 0.05) is 36.1 Å². The molecule has 0 aliphatic carbocycles. The first-order chi connectivity index (χ1) is 11.6. The fourth-order valence-electron chi connectivity index (χ4n) is 2.85. The lowest BCUT2D eigenvalue weighted by Crippen LogP contribution is -2.41. The molecule has 1 aliphatic rings. The van der Waals surface area contributed by atoms with Gasteiger partial charge in [-0.3, -0.25) is 4.79 Å². The molecule has 1 amide bonds. The molecule has 2 aromatic rings. The van der Waals surface area contributed by atoms with Crippen LogP contribution in [-0.2, 0) is 4.79 Å². The molecular formula is C18H23N3OS2. The zero-order chi connectivity index (χ0) is 16.9. The summed E-state index contributed by atoms with van der Waals surface area (Å²) in [5.41, 5.74) is 2.12. The van der Waals surface area contributed by atoms with Crippen LogP contribution >= 0.6 is 23.1 Å². The highest BCUT2D eigenvalue weighted by molar-refractivity contribution is 7.99. The summed E-state index contributed by atoms with van der Waals surface area (Å²) in [5, 5.41) is 7.55. The molecule has 2 unspecified atom stereocenters. The first-order valence-corrected chi connectivity index (χ1v) is 10.2. The number of rotatable bonds is 5. The van der Waals surface area contributed by atoms with Crippen molar-refractivity contribution in [3.05, 3.63) is 40.9 Å². The van der Waals surface area contributed by atoms with Gasteiger partial charge in [-0.05, 0) is 13.8 Å². The van der Waals surface area contributed by atoms with E-state index in [9.17, 15) is 4.79 Å². The van der Waals surface area contributed by atoms with Gasteiger partial charge in [0.05, 0.1) is 16.6 Å². The predicted molar refractivity (Wildman–Crippen MR) is 103 cm³/mol. The fourth-order valence-corrected chi connectivity index (χ4v) is 4.88. The van der Waals surface area contributed by atoms with Gasteiger partial charge in [-0.25, -0.2) is 4.98 Å². The maximum absolute atomic E-state index is 12.3. The van der Waals surface area contributed by atoms with E-state index in [4.69, 9.17) is 0 Å². The second kappa shape index (κ2) is 8.14. The quantitative estimate of drug-likeness (QED) is 0.857. The van der Waals surface area contributed by atoms with Crippen molar-refractivity contribution in [2.75, 3.05) is 18.1 Å². The number of benzene rings is 1. The Balaban J connectivity index is 1.63. The van der Waals surface area contributed by atoms with Crippen LogP contribution in [0.1, 0.15) is 30.0 Å². The minimum atomic E-state index is -0.0105. The zero-order valence-electron chi connectivity index (χ0n) is 14.0. The Labute approximate surface area is 151 Å². The molecule has 0 radical (unpaired) electrons. The Kier molecular flexibility index (Phi) is 5.92. The highest BCUT2D eigenvalue weighted by atomic mass is 32.2. The van der Waals surface area contributed by atoms with Gasteiger partial charge in [0.2, 0.25) is 5.91 Å². The molecule has 1 aliphatic heterocycles. The van der Waals surface area contributed by atoms with E-state index in [0.717, 1.165) is 39.2 Å². The summed E-state index contributed by atoms with van der Waals surface area (Å²) < 4.78 is 0. The molecule has 128 valence electrons. The summed E-state index contributed by atoms with van der Waals surface area (Å²) in [4.78, 5) is 18.1. The minimum absolute atomic E-state index is 0.0105. The van der Waals surface area contributed by atoms with Gasteiger partial charge >= 0.3 is 0 Å². The van der Waals surface area contributed by atoms with E-state index in [0.29, 0.717) is 12.5 Å². The van der Waals surface area contributed by atoms with E-state index in [1.165, 1.54) is 0 Å². The Morgan fingerprint density at radius 2 is 2.21 bits per heavy atom. The highest BCUT2D eigenvalue weighted by Crippen LogP contribution is 2.31. The van der Waals surface area contributed by atoms with Crippen molar-refractivity contribution in [1.29, 1.82) is 0 Å². The van der Waals surface area contributed by atoms with Gasteiger partial charge in [0.15, 0.2) is 0 Å². The molecule has 2 heterocycles. The van der Waals surface area contributed by atoms with Crippen LogP contribution in [0.3, 0.4) is 0 Å². The van der Waals surface area contributed by atoms with Gasteiger partial charge in [0.25, 0.3) is 0 Å². The lowest BCUT2D eigenvalue weighted by atomic mass is 10.2. The molecule has 3 rings (SSSR count). The minimum Gasteiger partial charge on any atom is -0.349 e. The molecule has 1 fully saturated rings. The summed E-state index contributed by atoms with van der Waals surface area (Å²) in [6.07, 6.45) is 0.542. The Hall–Kier alpha value is -1.37. The molecule has 0 bridgehead atoms. The third-order valence-corrected chi connectivity index (χ3v) is 6.57. The maximum atomic E-state index is 12.3. The van der Waals surface area contributed by atoms with Crippen LogP contribution in [0.25, 0.3) is 10.6 Å². The van der Waals surface area contributed by atoms with Crippen LogP contribution in [0.15, 0.2) is 30.3 Å². The van der Waals surface area contributed by atoms with Crippen LogP contribution in [0.5, 0.6) is 0 Å². The average Bonchev–Trinajstić information content (AvgIpc) is 2.98. The molecule has 1 aromatic carbocycles.